The highest BCUT2D eigenvalue weighted by Gasteiger charge is 2.20. The van der Waals surface area contributed by atoms with Gasteiger partial charge in [0.2, 0.25) is 0 Å². The Kier molecular flexibility index (Phi) is 4.22. The van der Waals surface area contributed by atoms with Gasteiger partial charge in [-0.1, -0.05) is 0 Å². The highest BCUT2D eigenvalue weighted by molar-refractivity contribution is 7.92. The van der Waals surface area contributed by atoms with Gasteiger partial charge in [0.25, 0.3) is 10.0 Å². The van der Waals surface area contributed by atoms with Crippen molar-refractivity contribution in [1.82, 2.24) is 9.78 Å². The summed E-state index contributed by atoms with van der Waals surface area (Å²) in [7, 11) is 0.251. The van der Waals surface area contributed by atoms with Crippen LogP contribution in [0.25, 0.3) is 0 Å². The molecule has 0 aliphatic carbocycles. The monoisotopic (exact) mass is 308 g/mol. The minimum Gasteiger partial charge on any atom is -0.378 e. The van der Waals surface area contributed by atoms with E-state index in [1.54, 1.807) is 23.7 Å². The summed E-state index contributed by atoms with van der Waals surface area (Å²) in [4.78, 5) is 2.16. The minimum absolute atomic E-state index is 0.209. The van der Waals surface area contributed by atoms with Crippen molar-refractivity contribution in [2.24, 2.45) is 0 Å². The van der Waals surface area contributed by atoms with Gasteiger partial charge < -0.3 is 4.90 Å². The number of hydrogen-bond donors (Lipinski definition) is 1. The van der Waals surface area contributed by atoms with Gasteiger partial charge in [0.1, 0.15) is 4.90 Å². The first kappa shape index (κ1) is 15.4. The molecule has 21 heavy (non-hydrogen) atoms. The number of aromatic nitrogens is 2. The number of hydrogen-bond acceptors (Lipinski definition) is 4. The van der Waals surface area contributed by atoms with Gasteiger partial charge in [-0.2, -0.15) is 5.10 Å². The Morgan fingerprint density at radius 2 is 1.86 bits per heavy atom. The number of rotatable bonds is 5. The molecule has 1 heterocycles. The molecule has 0 unspecified atom stereocenters. The summed E-state index contributed by atoms with van der Waals surface area (Å²) in [5, 5.41) is 4.07. The smallest absolute Gasteiger partial charge is 0.265 e. The predicted octanol–water partition coefficient (Wildman–Crippen LogP) is 2.08. The van der Waals surface area contributed by atoms with Crippen molar-refractivity contribution in [1.29, 1.82) is 0 Å². The van der Waals surface area contributed by atoms with E-state index in [1.165, 1.54) is 6.20 Å². The highest BCUT2D eigenvalue weighted by Crippen LogP contribution is 2.21. The predicted molar refractivity (Wildman–Crippen MR) is 84.2 cm³/mol. The third-order valence-corrected chi connectivity index (χ3v) is 4.77. The van der Waals surface area contributed by atoms with Crippen LogP contribution in [0.15, 0.2) is 35.4 Å². The summed E-state index contributed by atoms with van der Waals surface area (Å²) in [5.41, 5.74) is 2.17. The lowest BCUT2D eigenvalue weighted by Crippen LogP contribution is -2.14. The molecule has 6 nitrogen and oxygen atoms in total. The standard InChI is InChI=1S/C14H20N4O2S/c1-5-18-11(2)14(10-15-18)21(19,20)16-12-6-8-13(9-7-12)17(3)4/h6-10,16H,5H2,1-4H3. The summed E-state index contributed by atoms with van der Waals surface area (Å²) < 4.78 is 29.0. The van der Waals surface area contributed by atoms with Crippen molar-refractivity contribution in [3.05, 3.63) is 36.2 Å². The summed E-state index contributed by atoms with van der Waals surface area (Å²) in [6, 6.07) is 7.21. The van der Waals surface area contributed by atoms with Crippen molar-refractivity contribution in [3.63, 3.8) is 0 Å². The first-order valence-corrected chi connectivity index (χ1v) is 8.16. The van der Waals surface area contributed by atoms with E-state index < -0.39 is 10.0 Å². The second-order valence-corrected chi connectivity index (χ2v) is 6.61. The summed E-state index contributed by atoms with van der Waals surface area (Å²) in [6.07, 6.45) is 1.38. The molecule has 0 fully saturated rings. The Hall–Kier alpha value is -2.02. The van der Waals surface area contributed by atoms with Crippen molar-refractivity contribution in [3.8, 4) is 0 Å². The normalized spacial score (nSPS) is 11.4. The first-order valence-electron chi connectivity index (χ1n) is 6.67. The fraction of sp³-hybridized carbons (Fsp3) is 0.357. The Morgan fingerprint density at radius 3 is 2.33 bits per heavy atom. The number of sulfonamides is 1. The molecule has 0 aliphatic heterocycles. The number of benzene rings is 1. The van der Waals surface area contributed by atoms with Crippen molar-refractivity contribution >= 4 is 21.4 Å². The zero-order chi connectivity index (χ0) is 15.6. The number of nitrogens with zero attached hydrogens (tertiary/aromatic N) is 3. The molecule has 0 saturated carbocycles. The largest absolute Gasteiger partial charge is 0.378 e. The molecule has 0 aliphatic rings. The average molecular weight is 308 g/mol. The molecule has 0 amide bonds. The van der Waals surface area contributed by atoms with Crippen LogP contribution in [0.1, 0.15) is 12.6 Å². The zero-order valence-electron chi connectivity index (χ0n) is 12.7. The second kappa shape index (κ2) is 5.77. The number of aryl methyl sites for hydroxylation is 1. The third-order valence-electron chi connectivity index (χ3n) is 3.28. The maximum absolute atomic E-state index is 12.4. The van der Waals surface area contributed by atoms with Crippen LogP contribution in [-0.4, -0.2) is 32.3 Å². The average Bonchev–Trinajstić information content (AvgIpc) is 2.80. The molecule has 2 rings (SSSR count). The van der Waals surface area contributed by atoms with E-state index in [1.807, 2.05) is 38.1 Å². The van der Waals surface area contributed by atoms with Crippen molar-refractivity contribution < 1.29 is 8.42 Å². The maximum Gasteiger partial charge on any atom is 0.265 e. The first-order chi connectivity index (χ1) is 9.85. The number of anilines is 2. The van der Waals surface area contributed by atoms with Gasteiger partial charge in [-0.3, -0.25) is 9.40 Å². The molecule has 1 aromatic heterocycles. The quantitative estimate of drug-likeness (QED) is 0.918. The highest BCUT2D eigenvalue weighted by atomic mass is 32.2. The van der Waals surface area contributed by atoms with Gasteiger partial charge in [-0.25, -0.2) is 8.42 Å². The molecular weight excluding hydrogens is 288 g/mol. The summed E-state index contributed by atoms with van der Waals surface area (Å²) in [6.45, 7) is 4.31. The topological polar surface area (TPSA) is 67.2 Å². The summed E-state index contributed by atoms with van der Waals surface area (Å²) in [5.74, 6) is 0. The lowest BCUT2D eigenvalue weighted by Gasteiger charge is -2.13. The van der Waals surface area contributed by atoms with Gasteiger partial charge >= 0.3 is 0 Å². The SMILES string of the molecule is CCn1ncc(S(=O)(=O)Nc2ccc(N(C)C)cc2)c1C. The molecule has 0 bridgehead atoms. The van der Waals surface area contributed by atoms with Gasteiger partial charge in [-0.15, -0.1) is 0 Å². The Morgan fingerprint density at radius 1 is 1.24 bits per heavy atom. The van der Waals surface area contributed by atoms with Crippen LogP contribution in [0.3, 0.4) is 0 Å². The van der Waals surface area contributed by atoms with E-state index in [9.17, 15) is 8.42 Å². The van der Waals surface area contributed by atoms with Crippen molar-refractivity contribution in [2.45, 2.75) is 25.3 Å². The minimum atomic E-state index is -3.61. The zero-order valence-corrected chi connectivity index (χ0v) is 13.5. The van der Waals surface area contributed by atoms with Crippen molar-refractivity contribution in [2.75, 3.05) is 23.7 Å². The van der Waals surface area contributed by atoms with Crippen LogP contribution in [0.2, 0.25) is 0 Å². The lowest BCUT2D eigenvalue weighted by molar-refractivity contribution is 0.598. The van der Waals surface area contributed by atoms with Gasteiger partial charge in [0, 0.05) is 32.0 Å². The molecule has 114 valence electrons. The molecule has 0 atom stereocenters. The molecule has 7 heteroatoms. The second-order valence-electron chi connectivity index (χ2n) is 4.96. The molecule has 1 N–H and O–H groups in total. The molecule has 0 radical (unpaired) electrons. The van der Waals surface area contributed by atoms with Gasteiger partial charge in [0.15, 0.2) is 0 Å². The van der Waals surface area contributed by atoms with Crippen LogP contribution in [-0.2, 0) is 16.6 Å². The molecular formula is C14H20N4O2S. The molecule has 2 aromatic rings. The van der Waals surface area contributed by atoms with Crippen LogP contribution in [0.4, 0.5) is 11.4 Å². The molecule has 0 spiro atoms. The van der Waals surface area contributed by atoms with Crippen LogP contribution >= 0.6 is 0 Å². The van der Waals surface area contributed by atoms with E-state index in [-0.39, 0.29) is 4.90 Å². The lowest BCUT2D eigenvalue weighted by atomic mass is 10.3. The third kappa shape index (κ3) is 3.18. The van der Waals surface area contributed by atoms with Crippen LogP contribution in [0, 0.1) is 6.92 Å². The fourth-order valence-corrected chi connectivity index (χ4v) is 3.29. The van der Waals surface area contributed by atoms with Gasteiger partial charge in [0.05, 0.1) is 11.9 Å². The van der Waals surface area contributed by atoms with E-state index in [2.05, 4.69) is 9.82 Å². The Bertz CT molecular complexity index is 718. The Labute approximate surface area is 125 Å². The summed E-state index contributed by atoms with van der Waals surface area (Å²) >= 11 is 0. The van der Waals surface area contributed by atoms with Crippen LogP contribution in [0.5, 0.6) is 0 Å². The van der Waals surface area contributed by atoms with E-state index >= 15 is 0 Å². The van der Waals surface area contributed by atoms with E-state index in [4.69, 9.17) is 0 Å². The van der Waals surface area contributed by atoms with Gasteiger partial charge in [-0.05, 0) is 38.1 Å². The fourth-order valence-electron chi connectivity index (χ4n) is 2.05. The maximum atomic E-state index is 12.4. The van der Waals surface area contributed by atoms with E-state index in [0.29, 0.717) is 17.9 Å². The number of nitrogens with one attached hydrogen (secondary N) is 1. The van der Waals surface area contributed by atoms with E-state index in [0.717, 1.165) is 5.69 Å². The van der Waals surface area contributed by atoms with Crippen LogP contribution < -0.4 is 9.62 Å². The molecule has 0 saturated heterocycles. The molecule has 1 aromatic carbocycles. The Balaban J connectivity index is 2.26.